The summed E-state index contributed by atoms with van der Waals surface area (Å²) in [5, 5.41) is 5.06. The van der Waals surface area contributed by atoms with Crippen LogP contribution in [0.5, 0.6) is 0 Å². The van der Waals surface area contributed by atoms with Crippen LogP contribution < -0.4 is 15.5 Å². The monoisotopic (exact) mass is 409 g/mol. The highest BCUT2D eigenvalue weighted by molar-refractivity contribution is 9.10. The fourth-order valence-corrected chi connectivity index (χ4v) is 2.94. The third-order valence-electron chi connectivity index (χ3n) is 3.78. The zero-order valence-electron chi connectivity index (χ0n) is 12.9. The van der Waals surface area contributed by atoms with E-state index in [0.29, 0.717) is 10.2 Å². The Morgan fingerprint density at radius 2 is 1.88 bits per heavy atom. The summed E-state index contributed by atoms with van der Waals surface area (Å²) in [5.41, 5.74) is 0.607. The van der Waals surface area contributed by atoms with Crippen molar-refractivity contribution in [1.82, 2.24) is 5.32 Å². The minimum absolute atomic E-state index is 0.0421. The predicted octanol–water partition coefficient (Wildman–Crippen LogP) is 3.65. The Bertz CT molecular complexity index is 814. The van der Waals surface area contributed by atoms with Gasteiger partial charge in [0.2, 0.25) is 5.91 Å². The Morgan fingerprint density at radius 1 is 1.16 bits per heavy atom. The van der Waals surface area contributed by atoms with Crippen molar-refractivity contribution in [3.05, 3.63) is 58.6 Å². The summed E-state index contributed by atoms with van der Waals surface area (Å²) >= 11 is 3.14. The second-order valence-electron chi connectivity index (χ2n) is 5.60. The van der Waals surface area contributed by atoms with Crippen molar-refractivity contribution in [3.8, 4) is 0 Å². The molecule has 25 heavy (non-hydrogen) atoms. The van der Waals surface area contributed by atoms with E-state index in [1.54, 1.807) is 6.07 Å². The fraction of sp³-hybridized carbons (Fsp3) is 0.176. The first-order valence-corrected chi connectivity index (χ1v) is 8.30. The number of rotatable bonds is 3. The normalized spacial score (nSPS) is 16.8. The van der Waals surface area contributed by atoms with Crippen molar-refractivity contribution in [2.24, 2.45) is 0 Å². The van der Waals surface area contributed by atoms with Crippen LogP contribution in [0.3, 0.4) is 0 Å². The van der Waals surface area contributed by atoms with Gasteiger partial charge in [0, 0.05) is 23.1 Å². The van der Waals surface area contributed by atoms with E-state index in [9.17, 15) is 18.4 Å². The molecule has 1 heterocycles. The van der Waals surface area contributed by atoms with Gasteiger partial charge in [0.1, 0.15) is 11.6 Å². The molecular formula is C17H14BrF2N3O2. The molecule has 2 aromatic rings. The molecule has 2 N–H and O–H groups in total. The first-order chi connectivity index (χ1) is 11.9. The van der Waals surface area contributed by atoms with Gasteiger partial charge in [0.15, 0.2) is 0 Å². The van der Waals surface area contributed by atoms with E-state index in [-0.39, 0.29) is 30.4 Å². The summed E-state index contributed by atoms with van der Waals surface area (Å²) in [6.07, 6.45) is 0.119. The number of hydrogen-bond donors (Lipinski definition) is 2. The lowest BCUT2D eigenvalue weighted by Crippen LogP contribution is -2.39. The van der Waals surface area contributed by atoms with Crippen LogP contribution in [0.15, 0.2) is 46.9 Å². The SMILES string of the molecule is O=C(Nc1ccc(Br)cc1F)N[C@H]1CC(=O)N(c2ccc(F)cc2)C1. The molecule has 1 atom stereocenters. The number of hydrogen-bond acceptors (Lipinski definition) is 2. The maximum absolute atomic E-state index is 13.7. The van der Waals surface area contributed by atoms with Crippen molar-refractivity contribution < 1.29 is 18.4 Å². The second kappa shape index (κ2) is 7.18. The van der Waals surface area contributed by atoms with Crippen LogP contribution in [0.1, 0.15) is 6.42 Å². The second-order valence-corrected chi connectivity index (χ2v) is 6.52. The molecule has 3 amide bonds. The zero-order chi connectivity index (χ0) is 18.0. The van der Waals surface area contributed by atoms with Gasteiger partial charge in [-0.05, 0) is 42.5 Å². The molecule has 0 saturated carbocycles. The fourth-order valence-electron chi connectivity index (χ4n) is 2.61. The molecule has 2 aromatic carbocycles. The summed E-state index contributed by atoms with van der Waals surface area (Å²) in [5.74, 6) is -1.13. The summed E-state index contributed by atoms with van der Waals surface area (Å²) < 4.78 is 27.3. The van der Waals surface area contributed by atoms with E-state index >= 15 is 0 Å². The lowest BCUT2D eigenvalue weighted by molar-refractivity contribution is -0.117. The quantitative estimate of drug-likeness (QED) is 0.812. The molecule has 0 bridgehead atoms. The molecule has 1 fully saturated rings. The first-order valence-electron chi connectivity index (χ1n) is 7.51. The lowest BCUT2D eigenvalue weighted by Gasteiger charge is -2.17. The maximum atomic E-state index is 13.7. The van der Waals surface area contributed by atoms with E-state index in [1.165, 1.54) is 41.3 Å². The number of nitrogens with one attached hydrogen (secondary N) is 2. The number of urea groups is 1. The summed E-state index contributed by atoms with van der Waals surface area (Å²) in [4.78, 5) is 25.6. The van der Waals surface area contributed by atoms with E-state index in [1.807, 2.05) is 0 Å². The highest BCUT2D eigenvalue weighted by Gasteiger charge is 2.31. The lowest BCUT2D eigenvalue weighted by atomic mass is 10.2. The Labute approximate surface area is 151 Å². The average molecular weight is 410 g/mol. The van der Waals surface area contributed by atoms with Gasteiger partial charge in [-0.25, -0.2) is 13.6 Å². The number of benzene rings is 2. The summed E-state index contributed by atoms with van der Waals surface area (Å²) in [7, 11) is 0. The molecule has 3 rings (SSSR count). The molecular weight excluding hydrogens is 396 g/mol. The van der Waals surface area contributed by atoms with Gasteiger partial charge in [0.25, 0.3) is 0 Å². The standard InChI is InChI=1S/C17H14BrF2N3O2/c18-10-1-6-15(14(20)7-10)22-17(25)21-12-8-16(24)23(9-12)13-4-2-11(19)3-5-13/h1-7,12H,8-9H2,(H2,21,22,25)/t12-/m0/s1. The van der Waals surface area contributed by atoms with Gasteiger partial charge in [-0.15, -0.1) is 0 Å². The molecule has 5 nitrogen and oxygen atoms in total. The van der Waals surface area contributed by atoms with Gasteiger partial charge in [-0.1, -0.05) is 15.9 Å². The van der Waals surface area contributed by atoms with Gasteiger partial charge in [-0.2, -0.15) is 0 Å². The van der Waals surface area contributed by atoms with Crippen molar-refractivity contribution in [1.29, 1.82) is 0 Å². The van der Waals surface area contributed by atoms with Crippen molar-refractivity contribution >= 4 is 39.2 Å². The molecule has 0 spiro atoms. The van der Waals surface area contributed by atoms with E-state index in [0.717, 1.165) is 0 Å². The zero-order valence-corrected chi connectivity index (χ0v) is 14.5. The van der Waals surface area contributed by atoms with Gasteiger partial charge in [0.05, 0.1) is 11.7 Å². The highest BCUT2D eigenvalue weighted by atomic mass is 79.9. The largest absolute Gasteiger partial charge is 0.333 e. The number of anilines is 2. The van der Waals surface area contributed by atoms with Crippen LogP contribution in [0, 0.1) is 11.6 Å². The van der Waals surface area contributed by atoms with Crippen molar-refractivity contribution in [2.75, 3.05) is 16.8 Å². The molecule has 1 aliphatic heterocycles. The van der Waals surface area contributed by atoms with Crippen LogP contribution in [0.4, 0.5) is 25.0 Å². The minimum atomic E-state index is -0.597. The van der Waals surface area contributed by atoms with Crippen LogP contribution in [-0.4, -0.2) is 24.5 Å². The summed E-state index contributed by atoms with van der Waals surface area (Å²) in [6, 6.07) is 8.82. The van der Waals surface area contributed by atoms with Gasteiger partial charge in [-0.3, -0.25) is 4.79 Å². The molecule has 1 saturated heterocycles. The molecule has 0 aromatic heterocycles. The third-order valence-corrected chi connectivity index (χ3v) is 4.27. The van der Waals surface area contributed by atoms with Crippen LogP contribution in [0.2, 0.25) is 0 Å². The van der Waals surface area contributed by atoms with E-state index in [4.69, 9.17) is 0 Å². The topological polar surface area (TPSA) is 61.4 Å². The predicted molar refractivity (Wildman–Crippen MR) is 93.4 cm³/mol. The van der Waals surface area contributed by atoms with Crippen LogP contribution in [0.25, 0.3) is 0 Å². The number of carbonyl (C=O) groups excluding carboxylic acids is 2. The first kappa shape index (κ1) is 17.3. The highest BCUT2D eigenvalue weighted by Crippen LogP contribution is 2.22. The maximum Gasteiger partial charge on any atom is 0.319 e. The van der Waals surface area contributed by atoms with Crippen molar-refractivity contribution in [3.63, 3.8) is 0 Å². The Morgan fingerprint density at radius 3 is 2.56 bits per heavy atom. The van der Waals surface area contributed by atoms with Gasteiger partial charge < -0.3 is 15.5 Å². The Hall–Kier alpha value is -2.48. The van der Waals surface area contributed by atoms with E-state index in [2.05, 4.69) is 26.6 Å². The number of nitrogens with zero attached hydrogens (tertiary/aromatic N) is 1. The van der Waals surface area contributed by atoms with Crippen LogP contribution >= 0.6 is 15.9 Å². The molecule has 0 aliphatic carbocycles. The van der Waals surface area contributed by atoms with Crippen molar-refractivity contribution in [2.45, 2.75) is 12.5 Å². The molecule has 0 radical (unpaired) electrons. The minimum Gasteiger partial charge on any atom is -0.333 e. The number of carbonyl (C=O) groups is 2. The number of halogens is 3. The molecule has 0 unspecified atom stereocenters. The van der Waals surface area contributed by atoms with E-state index < -0.39 is 17.9 Å². The van der Waals surface area contributed by atoms with Crippen LogP contribution in [-0.2, 0) is 4.79 Å². The third kappa shape index (κ3) is 4.14. The Kier molecular flexibility index (Phi) is 4.98. The molecule has 1 aliphatic rings. The Balaban J connectivity index is 1.61. The van der Waals surface area contributed by atoms with Gasteiger partial charge >= 0.3 is 6.03 Å². The molecule has 130 valence electrons. The molecule has 8 heteroatoms. The smallest absolute Gasteiger partial charge is 0.319 e. The summed E-state index contributed by atoms with van der Waals surface area (Å²) in [6.45, 7) is 0.265. The average Bonchev–Trinajstić information content (AvgIpc) is 2.91. The number of amides is 3.